The number of rotatable bonds is 6. The van der Waals surface area contributed by atoms with Crippen molar-refractivity contribution >= 4 is 10.0 Å². The molecule has 0 aromatic heterocycles. The van der Waals surface area contributed by atoms with Crippen molar-refractivity contribution in [1.29, 1.82) is 0 Å². The van der Waals surface area contributed by atoms with Crippen LogP contribution in [0, 0.1) is 5.92 Å². The number of hydrogen-bond acceptors (Lipinski definition) is 3. The fraction of sp³-hybridized carbons (Fsp3) is 0.600. The van der Waals surface area contributed by atoms with E-state index in [-0.39, 0.29) is 17.8 Å². The topological polar surface area (TPSA) is 69.4 Å². The Morgan fingerprint density at radius 2 is 2.15 bits per heavy atom. The van der Waals surface area contributed by atoms with Gasteiger partial charge >= 0.3 is 0 Å². The van der Waals surface area contributed by atoms with Crippen LogP contribution in [0.25, 0.3) is 0 Å². The predicted octanol–water partition coefficient (Wildman–Crippen LogP) is 2.40. The molecule has 5 heteroatoms. The minimum absolute atomic E-state index is 0.00212. The number of ether oxygens (including phenoxy) is 1. The van der Waals surface area contributed by atoms with Crippen LogP contribution < -0.4 is 5.14 Å². The summed E-state index contributed by atoms with van der Waals surface area (Å²) >= 11 is 0. The highest BCUT2D eigenvalue weighted by Crippen LogP contribution is 2.32. The average molecular weight is 297 g/mol. The van der Waals surface area contributed by atoms with Crippen LogP contribution in [-0.2, 0) is 21.2 Å². The Labute approximate surface area is 121 Å². The summed E-state index contributed by atoms with van der Waals surface area (Å²) in [5.74, 6) is -0.0307. The molecule has 2 atom stereocenters. The third-order valence-electron chi connectivity index (χ3n) is 3.89. The third-order valence-corrected chi connectivity index (χ3v) is 4.83. The molecular weight excluding hydrogens is 274 g/mol. The van der Waals surface area contributed by atoms with Gasteiger partial charge in [-0.2, -0.15) is 0 Å². The Hall–Kier alpha value is -0.910. The first-order chi connectivity index (χ1) is 9.49. The van der Waals surface area contributed by atoms with Crippen molar-refractivity contribution in [2.45, 2.75) is 38.7 Å². The highest BCUT2D eigenvalue weighted by atomic mass is 32.2. The molecular formula is C15H23NO3S. The molecule has 0 saturated heterocycles. The first-order valence-corrected chi connectivity index (χ1v) is 8.91. The highest BCUT2D eigenvalue weighted by Gasteiger charge is 2.22. The monoisotopic (exact) mass is 297 g/mol. The van der Waals surface area contributed by atoms with Crippen LogP contribution in [0.4, 0.5) is 0 Å². The van der Waals surface area contributed by atoms with Crippen molar-refractivity contribution < 1.29 is 13.2 Å². The van der Waals surface area contributed by atoms with E-state index in [2.05, 4.69) is 18.2 Å². The molecule has 1 aliphatic carbocycles. The zero-order valence-corrected chi connectivity index (χ0v) is 12.7. The van der Waals surface area contributed by atoms with Gasteiger partial charge in [-0.05, 0) is 36.3 Å². The summed E-state index contributed by atoms with van der Waals surface area (Å²) in [6.07, 6.45) is 4.07. The quantitative estimate of drug-likeness (QED) is 0.876. The van der Waals surface area contributed by atoms with E-state index in [1.807, 2.05) is 13.0 Å². The lowest BCUT2D eigenvalue weighted by Gasteiger charge is -2.27. The van der Waals surface area contributed by atoms with Gasteiger partial charge in [0.1, 0.15) is 0 Å². The van der Waals surface area contributed by atoms with Gasteiger partial charge in [0, 0.05) is 0 Å². The molecule has 4 nitrogen and oxygen atoms in total. The standard InChI is InChI=1S/C15H23NO3S/c1-2-12(11-20(16,17)18)10-19-15-9-5-7-13-6-3-4-8-14(13)15/h3-4,6,8,12,15H,2,5,7,9-11H2,1H3,(H2,16,17,18). The van der Waals surface area contributed by atoms with Crippen LogP contribution >= 0.6 is 0 Å². The zero-order valence-electron chi connectivity index (χ0n) is 11.9. The zero-order chi connectivity index (χ0) is 14.6. The molecule has 1 aromatic rings. The molecule has 2 unspecified atom stereocenters. The number of hydrogen-bond donors (Lipinski definition) is 1. The van der Waals surface area contributed by atoms with Gasteiger partial charge in [-0.15, -0.1) is 0 Å². The van der Waals surface area contributed by atoms with Gasteiger partial charge < -0.3 is 4.74 Å². The van der Waals surface area contributed by atoms with E-state index < -0.39 is 10.0 Å². The Kier molecular flexibility index (Phi) is 5.18. The van der Waals surface area contributed by atoms with Gasteiger partial charge in [-0.25, -0.2) is 13.6 Å². The maximum absolute atomic E-state index is 11.2. The lowest BCUT2D eigenvalue weighted by Crippen LogP contribution is -2.26. The summed E-state index contributed by atoms with van der Waals surface area (Å²) in [4.78, 5) is 0. The van der Waals surface area contributed by atoms with Crippen LogP contribution in [0.3, 0.4) is 0 Å². The molecule has 0 aliphatic heterocycles. The Morgan fingerprint density at radius 1 is 1.40 bits per heavy atom. The second-order valence-electron chi connectivity index (χ2n) is 5.52. The van der Waals surface area contributed by atoms with Crippen LogP contribution in [0.2, 0.25) is 0 Å². The lowest BCUT2D eigenvalue weighted by atomic mass is 9.89. The van der Waals surface area contributed by atoms with Gasteiger partial charge in [0.15, 0.2) is 0 Å². The fourth-order valence-electron chi connectivity index (χ4n) is 2.75. The molecule has 0 fully saturated rings. The number of nitrogens with two attached hydrogens (primary N) is 1. The third kappa shape index (κ3) is 4.30. The molecule has 112 valence electrons. The van der Waals surface area contributed by atoms with Crippen LogP contribution in [-0.4, -0.2) is 20.8 Å². The van der Waals surface area contributed by atoms with Crippen molar-refractivity contribution in [3.05, 3.63) is 35.4 Å². The van der Waals surface area contributed by atoms with Crippen LogP contribution in [0.15, 0.2) is 24.3 Å². The van der Waals surface area contributed by atoms with Crippen molar-refractivity contribution in [3.63, 3.8) is 0 Å². The number of sulfonamides is 1. The van der Waals surface area contributed by atoms with E-state index >= 15 is 0 Å². The van der Waals surface area contributed by atoms with Gasteiger partial charge in [0.05, 0.1) is 18.5 Å². The van der Waals surface area contributed by atoms with E-state index in [4.69, 9.17) is 9.88 Å². The molecule has 0 spiro atoms. The Morgan fingerprint density at radius 3 is 2.85 bits per heavy atom. The molecule has 0 bridgehead atoms. The Bertz CT molecular complexity index is 542. The predicted molar refractivity (Wildman–Crippen MR) is 79.8 cm³/mol. The summed E-state index contributed by atoms with van der Waals surface area (Å²) in [7, 11) is -3.43. The van der Waals surface area contributed by atoms with E-state index in [0.29, 0.717) is 6.61 Å². The second-order valence-corrected chi connectivity index (χ2v) is 7.18. The van der Waals surface area contributed by atoms with Gasteiger partial charge in [-0.1, -0.05) is 37.6 Å². The smallest absolute Gasteiger partial charge is 0.209 e. The first kappa shape index (κ1) is 15.5. The van der Waals surface area contributed by atoms with Crippen molar-refractivity contribution in [3.8, 4) is 0 Å². The van der Waals surface area contributed by atoms with Gasteiger partial charge in [0.25, 0.3) is 0 Å². The molecule has 0 saturated carbocycles. The summed E-state index contributed by atoms with van der Waals surface area (Å²) in [6, 6.07) is 8.34. The number of primary sulfonamides is 1. The summed E-state index contributed by atoms with van der Waals surface area (Å²) in [5, 5.41) is 5.11. The molecule has 1 aromatic carbocycles. The maximum Gasteiger partial charge on any atom is 0.209 e. The fourth-order valence-corrected chi connectivity index (χ4v) is 3.74. The molecule has 1 aliphatic rings. The van der Waals surface area contributed by atoms with E-state index in [9.17, 15) is 8.42 Å². The molecule has 0 heterocycles. The molecule has 20 heavy (non-hydrogen) atoms. The molecule has 0 amide bonds. The largest absolute Gasteiger partial charge is 0.373 e. The van der Waals surface area contributed by atoms with Gasteiger partial charge in [-0.3, -0.25) is 0 Å². The first-order valence-electron chi connectivity index (χ1n) is 7.19. The molecule has 2 rings (SSSR count). The van der Waals surface area contributed by atoms with Crippen LogP contribution in [0.1, 0.15) is 43.4 Å². The van der Waals surface area contributed by atoms with Crippen LogP contribution in [0.5, 0.6) is 0 Å². The number of fused-ring (bicyclic) bond motifs is 1. The number of benzene rings is 1. The minimum atomic E-state index is -3.43. The average Bonchev–Trinajstić information content (AvgIpc) is 2.42. The van der Waals surface area contributed by atoms with Crippen molar-refractivity contribution in [1.82, 2.24) is 0 Å². The van der Waals surface area contributed by atoms with Crippen molar-refractivity contribution in [2.24, 2.45) is 11.1 Å². The van der Waals surface area contributed by atoms with E-state index in [0.717, 1.165) is 25.7 Å². The summed E-state index contributed by atoms with van der Waals surface area (Å²) in [6.45, 7) is 2.42. The lowest BCUT2D eigenvalue weighted by molar-refractivity contribution is 0.0210. The highest BCUT2D eigenvalue weighted by molar-refractivity contribution is 7.89. The summed E-state index contributed by atoms with van der Waals surface area (Å²) < 4.78 is 28.3. The van der Waals surface area contributed by atoms with E-state index in [1.165, 1.54) is 11.1 Å². The second kappa shape index (κ2) is 6.70. The normalized spacial score (nSPS) is 20.4. The maximum atomic E-state index is 11.2. The van der Waals surface area contributed by atoms with Gasteiger partial charge in [0.2, 0.25) is 10.0 Å². The number of aryl methyl sites for hydroxylation is 1. The van der Waals surface area contributed by atoms with E-state index in [1.54, 1.807) is 0 Å². The molecule has 2 N–H and O–H groups in total. The van der Waals surface area contributed by atoms with Crippen molar-refractivity contribution in [2.75, 3.05) is 12.4 Å². The summed E-state index contributed by atoms with van der Waals surface area (Å²) in [5.41, 5.74) is 2.60. The molecule has 0 radical (unpaired) electrons. The SMILES string of the molecule is CCC(COC1CCCc2ccccc21)CS(N)(=O)=O. The minimum Gasteiger partial charge on any atom is -0.373 e. The Balaban J connectivity index is 1.97.